The van der Waals surface area contributed by atoms with Crippen LogP contribution in [0.2, 0.25) is 0 Å². The Labute approximate surface area is 141 Å². The van der Waals surface area contributed by atoms with Gasteiger partial charge < -0.3 is 18.9 Å². The van der Waals surface area contributed by atoms with Crippen LogP contribution in [0.1, 0.15) is 11.1 Å². The van der Waals surface area contributed by atoms with E-state index in [1.54, 1.807) is 50.6 Å². The number of hydrogen-bond donors (Lipinski definition) is 0. The average Bonchev–Trinajstić information content (AvgIpc) is 2.61. The minimum Gasteiger partial charge on any atom is -0.497 e. The maximum Gasteiger partial charge on any atom is 0.336 e. The van der Waals surface area contributed by atoms with E-state index in [1.165, 1.54) is 13.2 Å². The standard InChI is InChI=1S/C19H20O5/c1-13-5-8-17(18(11-13)23-4)24-19(20)10-6-14-12-15(21-2)7-9-16(14)22-3/h5-12H,1-4H3/b10-6+. The monoisotopic (exact) mass is 328 g/mol. The summed E-state index contributed by atoms with van der Waals surface area (Å²) in [5.74, 6) is 1.67. The van der Waals surface area contributed by atoms with Crippen LogP contribution in [0, 0.1) is 6.92 Å². The van der Waals surface area contributed by atoms with Gasteiger partial charge in [-0.15, -0.1) is 0 Å². The van der Waals surface area contributed by atoms with Gasteiger partial charge in [0.1, 0.15) is 11.5 Å². The fourth-order valence-corrected chi connectivity index (χ4v) is 2.13. The molecule has 2 aromatic rings. The van der Waals surface area contributed by atoms with E-state index >= 15 is 0 Å². The van der Waals surface area contributed by atoms with Gasteiger partial charge in [0.05, 0.1) is 21.3 Å². The van der Waals surface area contributed by atoms with Crippen molar-refractivity contribution in [3.8, 4) is 23.0 Å². The molecule has 126 valence electrons. The summed E-state index contributed by atoms with van der Waals surface area (Å²) in [5.41, 5.74) is 1.73. The first-order valence-corrected chi connectivity index (χ1v) is 7.34. The zero-order chi connectivity index (χ0) is 17.5. The number of ether oxygens (including phenoxy) is 4. The summed E-state index contributed by atoms with van der Waals surface area (Å²) in [6.45, 7) is 1.93. The molecule has 0 saturated heterocycles. The smallest absolute Gasteiger partial charge is 0.336 e. The van der Waals surface area contributed by atoms with Crippen molar-refractivity contribution >= 4 is 12.0 Å². The molecule has 0 fully saturated rings. The van der Waals surface area contributed by atoms with Gasteiger partial charge in [-0.2, -0.15) is 0 Å². The molecule has 0 saturated carbocycles. The Morgan fingerprint density at radius 3 is 2.25 bits per heavy atom. The van der Waals surface area contributed by atoms with E-state index in [9.17, 15) is 4.79 Å². The van der Waals surface area contributed by atoms with Crippen molar-refractivity contribution in [2.24, 2.45) is 0 Å². The topological polar surface area (TPSA) is 54.0 Å². The number of carbonyl (C=O) groups excluding carboxylic acids is 1. The normalized spacial score (nSPS) is 10.5. The number of hydrogen-bond acceptors (Lipinski definition) is 5. The molecular weight excluding hydrogens is 308 g/mol. The highest BCUT2D eigenvalue weighted by molar-refractivity contribution is 5.89. The summed E-state index contributed by atoms with van der Waals surface area (Å²) in [7, 11) is 4.67. The Bertz CT molecular complexity index is 749. The van der Waals surface area contributed by atoms with Gasteiger partial charge in [-0.25, -0.2) is 4.79 Å². The minimum atomic E-state index is -0.512. The van der Waals surface area contributed by atoms with Gasteiger partial charge in [-0.1, -0.05) is 6.07 Å². The van der Waals surface area contributed by atoms with Crippen molar-refractivity contribution in [1.29, 1.82) is 0 Å². The van der Waals surface area contributed by atoms with E-state index in [4.69, 9.17) is 18.9 Å². The number of methoxy groups -OCH3 is 3. The van der Waals surface area contributed by atoms with Gasteiger partial charge in [0.2, 0.25) is 0 Å². The Hall–Kier alpha value is -2.95. The molecule has 5 heteroatoms. The molecule has 0 aliphatic carbocycles. The third kappa shape index (κ3) is 4.29. The van der Waals surface area contributed by atoms with Crippen LogP contribution < -0.4 is 18.9 Å². The van der Waals surface area contributed by atoms with Gasteiger partial charge >= 0.3 is 5.97 Å². The van der Waals surface area contributed by atoms with Crippen LogP contribution in [0.3, 0.4) is 0 Å². The number of carbonyl (C=O) groups is 1. The second kappa shape index (κ2) is 8.06. The van der Waals surface area contributed by atoms with Crippen molar-refractivity contribution in [3.05, 3.63) is 53.6 Å². The molecule has 0 heterocycles. The Morgan fingerprint density at radius 1 is 0.875 bits per heavy atom. The molecule has 0 aromatic heterocycles. The third-order valence-corrected chi connectivity index (χ3v) is 3.37. The first kappa shape index (κ1) is 17.4. The summed E-state index contributed by atoms with van der Waals surface area (Å²) < 4.78 is 21.0. The Balaban J connectivity index is 2.16. The summed E-state index contributed by atoms with van der Waals surface area (Å²) >= 11 is 0. The van der Waals surface area contributed by atoms with Crippen LogP contribution in [0.25, 0.3) is 6.08 Å². The van der Waals surface area contributed by atoms with E-state index in [2.05, 4.69) is 0 Å². The minimum absolute atomic E-state index is 0.371. The molecule has 24 heavy (non-hydrogen) atoms. The van der Waals surface area contributed by atoms with Crippen LogP contribution in [0.4, 0.5) is 0 Å². The molecule has 0 aliphatic heterocycles. The summed E-state index contributed by atoms with van der Waals surface area (Å²) in [5, 5.41) is 0. The predicted octanol–water partition coefficient (Wildman–Crippen LogP) is 3.64. The first-order valence-electron chi connectivity index (χ1n) is 7.34. The number of benzene rings is 2. The van der Waals surface area contributed by atoms with Gasteiger partial charge in [-0.05, 0) is 48.9 Å². The maximum absolute atomic E-state index is 12.1. The Morgan fingerprint density at radius 2 is 1.58 bits per heavy atom. The molecule has 0 aliphatic rings. The van der Waals surface area contributed by atoms with Crippen LogP contribution in [0.15, 0.2) is 42.5 Å². The predicted molar refractivity (Wildman–Crippen MR) is 91.9 cm³/mol. The Kier molecular flexibility index (Phi) is 5.84. The highest BCUT2D eigenvalue weighted by Gasteiger charge is 2.09. The van der Waals surface area contributed by atoms with E-state index in [-0.39, 0.29) is 0 Å². The van der Waals surface area contributed by atoms with Crippen LogP contribution in [0.5, 0.6) is 23.0 Å². The second-order valence-corrected chi connectivity index (χ2v) is 5.02. The van der Waals surface area contributed by atoms with Gasteiger partial charge in [0.15, 0.2) is 11.5 Å². The van der Waals surface area contributed by atoms with Crippen molar-refractivity contribution < 1.29 is 23.7 Å². The highest BCUT2D eigenvalue weighted by atomic mass is 16.6. The van der Waals surface area contributed by atoms with Crippen LogP contribution in [-0.2, 0) is 4.79 Å². The molecular formula is C19H20O5. The molecule has 0 unspecified atom stereocenters. The molecule has 0 bridgehead atoms. The largest absolute Gasteiger partial charge is 0.497 e. The quantitative estimate of drug-likeness (QED) is 0.460. The van der Waals surface area contributed by atoms with E-state index in [0.717, 1.165) is 5.56 Å². The lowest BCUT2D eigenvalue weighted by atomic mass is 10.1. The number of esters is 1. The number of aryl methyl sites for hydroxylation is 1. The zero-order valence-electron chi connectivity index (χ0n) is 14.2. The molecule has 0 atom stereocenters. The van der Waals surface area contributed by atoms with Crippen molar-refractivity contribution in [2.45, 2.75) is 6.92 Å². The average molecular weight is 328 g/mol. The van der Waals surface area contributed by atoms with E-state index in [0.29, 0.717) is 28.6 Å². The molecule has 2 aromatic carbocycles. The van der Waals surface area contributed by atoms with Crippen molar-refractivity contribution in [2.75, 3.05) is 21.3 Å². The lowest BCUT2D eigenvalue weighted by Gasteiger charge is -2.09. The van der Waals surface area contributed by atoms with Crippen molar-refractivity contribution in [1.82, 2.24) is 0 Å². The van der Waals surface area contributed by atoms with Crippen molar-refractivity contribution in [3.63, 3.8) is 0 Å². The summed E-state index contributed by atoms with van der Waals surface area (Å²) in [4.78, 5) is 12.1. The van der Waals surface area contributed by atoms with Gasteiger partial charge in [0.25, 0.3) is 0 Å². The third-order valence-electron chi connectivity index (χ3n) is 3.37. The van der Waals surface area contributed by atoms with Crippen LogP contribution in [-0.4, -0.2) is 27.3 Å². The van der Waals surface area contributed by atoms with Crippen LogP contribution >= 0.6 is 0 Å². The fraction of sp³-hybridized carbons (Fsp3) is 0.211. The lowest BCUT2D eigenvalue weighted by molar-refractivity contribution is -0.129. The maximum atomic E-state index is 12.1. The zero-order valence-corrected chi connectivity index (χ0v) is 14.2. The summed E-state index contributed by atoms with van der Waals surface area (Å²) in [6.07, 6.45) is 2.95. The molecule has 0 N–H and O–H groups in total. The number of rotatable bonds is 6. The lowest BCUT2D eigenvalue weighted by Crippen LogP contribution is -2.05. The van der Waals surface area contributed by atoms with Gasteiger partial charge in [-0.3, -0.25) is 0 Å². The molecule has 2 rings (SSSR count). The van der Waals surface area contributed by atoms with E-state index in [1.807, 2.05) is 13.0 Å². The second-order valence-electron chi connectivity index (χ2n) is 5.02. The van der Waals surface area contributed by atoms with Gasteiger partial charge in [0, 0.05) is 11.6 Å². The summed E-state index contributed by atoms with van der Waals surface area (Å²) in [6, 6.07) is 10.7. The molecule has 0 spiro atoms. The first-order chi connectivity index (χ1) is 11.6. The molecule has 0 amide bonds. The SMILES string of the molecule is COc1ccc(OC)c(/C=C/C(=O)Oc2ccc(C)cc2OC)c1. The van der Waals surface area contributed by atoms with E-state index < -0.39 is 5.97 Å². The molecule has 5 nitrogen and oxygen atoms in total. The highest BCUT2D eigenvalue weighted by Crippen LogP contribution is 2.28. The fourth-order valence-electron chi connectivity index (χ4n) is 2.13. The molecule has 0 radical (unpaired) electrons.